The van der Waals surface area contributed by atoms with Gasteiger partial charge in [-0.3, -0.25) is 4.90 Å². The highest BCUT2D eigenvalue weighted by Crippen LogP contribution is 2.18. The Morgan fingerprint density at radius 3 is 2.78 bits per heavy atom. The van der Waals surface area contributed by atoms with Crippen LogP contribution in [0, 0.1) is 13.8 Å². The van der Waals surface area contributed by atoms with Crippen molar-refractivity contribution in [2.75, 3.05) is 13.1 Å². The molecule has 1 unspecified atom stereocenters. The fraction of sp³-hybridized carbons (Fsp3) is 0.632. The number of nitrogens with one attached hydrogen (secondary N) is 1. The molecule has 0 bridgehead atoms. The summed E-state index contributed by atoms with van der Waals surface area (Å²) in [6.07, 6.45) is 1.81. The summed E-state index contributed by atoms with van der Waals surface area (Å²) in [6.45, 7) is 12.9. The second-order valence-electron chi connectivity index (χ2n) is 7.65. The molecule has 1 amide bonds. The minimum atomic E-state index is -0.447. The lowest BCUT2D eigenvalue weighted by Gasteiger charge is -2.34. The monoisotopic (exact) mass is 318 g/mol. The van der Waals surface area contributed by atoms with Crippen molar-refractivity contribution < 1.29 is 9.53 Å². The number of benzene rings is 1. The fourth-order valence-electron chi connectivity index (χ4n) is 3.00. The number of aryl methyl sites for hydroxylation is 2. The summed E-state index contributed by atoms with van der Waals surface area (Å²) >= 11 is 0. The second kappa shape index (κ2) is 7.35. The average molecular weight is 318 g/mol. The molecule has 0 saturated carbocycles. The highest BCUT2D eigenvalue weighted by Gasteiger charge is 2.24. The first-order chi connectivity index (χ1) is 10.7. The molecule has 1 fully saturated rings. The minimum absolute atomic E-state index is 0.170. The van der Waals surface area contributed by atoms with Gasteiger partial charge < -0.3 is 10.1 Å². The van der Waals surface area contributed by atoms with Crippen LogP contribution in [0.1, 0.15) is 50.3 Å². The Morgan fingerprint density at radius 2 is 2.09 bits per heavy atom. The van der Waals surface area contributed by atoms with Crippen molar-refractivity contribution in [3.8, 4) is 0 Å². The third kappa shape index (κ3) is 5.87. The van der Waals surface area contributed by atoms with Gasteiger partial charge in [0.25, 0.3) is 0 Å². The summed E-state index contributed by atoms with van der Waals surface area (Å²) in [5.74, 6) is 0. The molecular formula is C19H30N2O2. The van der Waals surface area contributed by atoms with E-state index in [1.807, 2.05) is 20.8 Å². The number of piperidine rings is 1. The normalized spacial score (nSPS) is 19.4. The largest absolute Gasteiger partial charge is 0.444 e. The van der Waals surface area contributed by atoms with Crippen LogP contribution in [0.4, 0.5) is 4.79 Å². The van der Waals surface area contributed by atoms with Crippen LogP contribution in [0.5, 0.6) is 0 Å². The third-order valence-corrected chi connectivity index (χ3v) is 4.12. The van der Waals surface area contributed by atoms with E-state index in [4.69, 9.17) is 4.74 Å². The first kappa shape index (κ1) is 17.8. The van der Waals surface area contributed by atoms with Gasteiger partial charge in [-0.05, 0) is 65.1 Å². The average Bonchev–Trinajstić information content (AvgIpc) is 2.41. The number of rotatable bonds is 3. The number of hydrogen-bond acceptors (Lipinski definition) is 3. The summed E-state index contributed by atoms with van der Waals surface area (Å²) in [7, 11) is 0. The van der Waals surface area contributed by atoms with E-state index < -0.39 is 5.60 Å². The summed E-state index contributed by atoms with van der Waals surface area (Å²) in [5.41, 5.74) is 3.56. The lowest BCUT2D eigenvalue weighted by molar-refractivity contribution is 0.0470. The number of carbonyl (C=O) groups excluding carboxylic acids is 1. The van der Waals surface area contributed by atoms with E-state index in [1.165, 1.54) is 16.7 Å². The van der Waals surface area contributed by atoms with Crippen molar-refractivity contribution in [3.05, 3.63) is 34.9 Å². The van der Waals surface area contributed by atoms with Gasteiger partial charge in [-0.1, -0.05) is 23.8 Å². The van der Waals surface area contributed by atoms with E-state index in [9.17, 15) is 4.79 Å². The molecular weight excluding hydrogens is 288 g/mol. The van der Waals surface area contributed by atoms with Gasteiger partial charge in [-0.2, -0.15) is 0 Å². The molecule has 4 nitrogen and oxygen atoms in total. The van der Waals surface area contributed by atoms with E-state index in [1.54, 1.807) is 0 Å². The zero-order valence-corrected chi connectivity index (χ0v) is 15.1. The molecule has 1 heterocycles. The predicted molar refractivity (Wildman–Crippen MR) is 93.6 cm³/mol. The number of amides is 1. The molecule has 0 aromatic heterocycles. The van der Waals surface area contributed by atoms with Crippen molar-refractivity contribution in [1.82, 2.24) is 10.2 Å². The Morgan fingerprint density at radius 1 is 1.35 bits per heavy atom. The van der Waals surface area contributed by atoms with E-state index in [2.05, 4.69) is 42.3 Å². The van der Waals surface area contributed by atoms with Crippen molar-refractivity contribution in [1.29, 1.82) is 0 Å². The molecule has 1 aromatic carbocycles. The van der Waals surface area contributed by atoms with Crippen LogP contribution >= 0.6 is 0 Å². The minimum Gasteiger partial charge on any atom is -0.444 e. The van der Waals surface area contributed by atoms with Crippen molar-refractivity contribution >= 4 is 6.09 Å². The van der Waals surface area contributed by atoms with Gasteiger partial charge in [-0.25, -0.2) is 4.79 Å². The molecule has 1 saturated heterocycles. The maximum absolute atomic E-state index is 11.9. The van der Waals surface area contributed by atoms with Crippen LogP contribution in [-0.2, 0) is 11.3 Å². The number of carbonyl (C=O) groups is 1. The van der Waals surface area contributed by atoms with E-state index in [0.717, 1.165) is 32.5 Å². The Bertz CT molecular complexity index is 549. The summed E-state index contributed by atoms with van der Waals surface area (Å²) in [4.78, 5) is 14.4. The van der Waals surface area contributed by atoms with Crippen molar-refractivity contribution in [3.63, 3.8) is 0 Å². The highest BCUT2D eigenvalue weighted by atomic mass is 16.6. The number of nitrogens with zero attached hydrogens (tertiary/aromatic N) is 1. The van der Waals surface area contributed by atoms with Crippen molar-refractivity contribution in [2.45, 2.75) is 65.6 Å². The summed E-state index contributed by atoms with van der Waals surface area (Å²) in [6, 6.07) is 6.77. The molecule has 128 valence electrons. The van der Waals surface area contributed by atoms with E-state index >= 15 is 0 Å². The Labute approximate surface area is 140 Å². The standard InChI is InChI=1S/C19H30N2O2/c1-14-8-9-15(2)16(11-14)12-21-10-6-7-17(13-21)20-18(22)23-19(3,4)5/h8-9,11,17H,6-7,10,12-13H2,1-5H3,(H,20,22). The third-order valence-electron chi connectivity index (χ3n) is 4.12. The first-order valence-corrected chi connectivity index (χ1v) is 8.51. The molecule has 1 aliphatic rings. The zero-order chi connectivity index (χ0) is 17.0. The lowest BCUT2D eigenvalue weighted by atomic mass is 10.0. The molecule has 0 radical (unpaired) electrons. The van der Waals surface area contributed by atoms with Crippen LogP contribution in [0.2, 0.25) is 0 Å². The van der Waals surface area contributed by atoms with E-state index in [-0.39, 0.29) is 12.1 Å². The predicted octanol–water partition coefficient (Wildman–Crippen LogP) is 3.79. The summed E-state index contributed by atoms with van der Waals surface area (Å²) in [5, 5.41) is 3.01. The zero-order valence-electron chi connectivity index (χ0n) is 15.1. The van der Waals surface area contributed by atoms with Gasteiger partial charge in [0.1, 0.15) is 5.60 Å². The van der Waals surface area contributed by atoms with Crippen molar-refractivity contribution in [2.24, 2.45) is 0 Å². The molecule has 23 heavy (non-hydrogen) atoms. The van der Waals surface area contributed by atoms with Gasteiger partial charge in [0.2, 0.25) is 0 Å². The number of hydrogen-bond donors (Lipinski definition) is 1. The highest BCUT2D eigenvalue weighted by molar-refractivity contribution is 5.68. The Hall–Kier alpha value is -1.55. The maximum Gasteiger partial charge on any atom is 0.407 e. The van der Waals surface area contributed by atoms with Gasteiger partial charge >= 0.3 is 6.09 Å². The number of likely N-dealkylation sites (tertiary alicyclic amines) is 1. The van der Waals surface area contributed by atoms with Crippen LogP contribution < -0.4 is 5.32 Å². The maximum atomic E-state index is 11.9. The molecule has 4 heteroatoms. The van der Waals surface area contributed by atoms with Crippen LogP contribution in [0.25, 0.3) is 0 Å². The number of alkyl carbamates (subject to hydrolysis) is 1. The quantitative estimate of drug-likeness (QED) is 0.922. The van der Waals surface area contributed by atoms with E-state index in [0.29, 0.717) is 0 Å². The summed E-state index contributed by atoms with van der Waals surface area (Å²) < 4.78 is 5.36. The van der Waals surface area contributed by atoms with Gasteiger partial charge in [-0.15, -0.1) is 0 Å². The molecule has 2 rings (SSSR count). The Kier molecular flexibility index (Phi) is 5.69. The number of ether oxygens (including phenoxy) is 1. The van der Waals surface area contributed by atoms with Crippen LogP contribution in [0.3, 0.4) is 0 Å². The first-order valence-electron chi connectivity index (χ1n) is 8.51. The molecule has 0 aliphatic carbocycles. The van der Waals surface area contributed by atoms with Crippen LogP contribution in [0.15, 0.2) is 18.2 Å². The Balaban J connectivity index is 1.90. The molecule has 1 atom stereocenters. The molecule has 1 aromatic rings. The molecule has 0 spiro atoms. The van der Waals surface area contributed by atoms with Gasteiger partial charge in [0, 0.05) is 19.1 Å². The molecule has 1 N–H and O–H groups in total. The second-order valence-corrected chi connectivity index (χ2v) is 7.65. The van der Waals surface area contributed by atoms with Crippen LogP contribution in [-0.4, -0.2) is 35.7 Å². The smallest absolute Gasteiger partial charge is 0.407 e. The van der Waals surface area contributed by atoms with Gasteiger partial charge in [0.15, 0.2) is 0 Å². The molecule has 1 aliphatic heterocycles. The topological polar surface area (TPSA) is 41.6 Å². The fourth-order valence-corrected chi connectivity index (χ4v) is 3.00. The lowest BCUT2D eigenvalue weighted by Crippen LogP contribution is -2.48. The van der Waals surface area contributed by atoms with Gasteiger partial charge in [0.05, 0.1) is 0 Å². The SMILES string of the molecule is Cc1ccc(C)c(CN2CCCC(NC(=O)OC(C)(C)C)C2)c1.